The SMILES string of the molecule is Cc1nccn1C1CCCN(C(=O)CC2C(=O)Nc3ccccc32)C1. The maximum atomic E-state index is 12.8. The lowest BCUT2D eigenvalue weighted by atomic mass is 9.95. The van der Waals surface area contributed by atoms with Gasteiger partial charge in [0, 0.05) is 37.6 Å². The highest BCUT2D eigenvalue weighted by Crippen LogP contribution is 2.35. The summed E-state index contributed by atoms with van der Waals surface area (Å²) in [6.07, 6.45) is 6.04. The molecule has 1 aromatic heterocycles. The Morgan fingerprint density at radius 2 is 2.20 bits per heavy atom. The first kappa shape index (κ1) is 15.9. The van der Waals surface area contributed by atoms with Gasteiger partial charge >= 0.3 is 0 Å². The molecule has 0 saturated carbocycles. The number of para-hydroxylation sites is 1. The minimum absolute atomic E-state index is 0.0549. The van der Waals surface area contributed by atoms with E-state index in [0.717, 1.165) is 36.5 Å². The highest BCUT2D eigenvalue weighted by atomic mass is 16.2. The van der Waals surface area contributed by atoms with Crippen molar-refractivity contribution in [2.75, 3.05) is 18.4 Å². The topological polar surface area (TPSA) is 67.2 Å². The number of amides is 2. The quantitative estimate of drug-likeness (QED) is 0.935. The minimum Gasteiger partial charge on any atom is -0.341 e. The molecule has 1 N–H and O–H groups in total. The van der Waals surface area contributed by atoms with Crippen molar-refractivity contribution in [2.45, 2.75) is 38.1 Å². The highest BCUT2D eigenvalue weighted by molar-refractivity contribution is 6.04. The number of imidazole rings is 1. The van der Waals surface area contributed by atoms with Gasteiger partial charge in [0.2, 0.25) is 11.8 Å². The van der Waals surface area contributed by atoms with E-state index in [2.05, 4.69) is 14.9 Å². The molecule has 6 heteroatoms. The fourth-order valence-electron chi connectivity index (χ4n) is 3.96. The van der Waals surface area contributed by atoms with Crippen molar-refractivity contribution < 1.29 is 9.59 Å². The predicted molar refractivity (Wildman–Crippen MR) is 94.2 cm³/mol. The molecule has 1 saturated heterocycles. The summed E-state index contributed by atoms with van der Waals surface area (Å²) in [6.45, 7) is 3.44. The number of aryl methyl sites for hydroxylation is 1. The summed E-state index contributed by atoms with van der Waals surface area (Å²) >= 11 is 0. The van der Waals surface area contributed by atoms with E-state index >= 15 is 0 Å². The molecule has 2 amide bonds. The highest BCUT2D eigenvalue weighted by Gasteiger charge is 2.34. The molecule has 0 radical (unpaired) electrons. The second-order valence-corrected chi connectivity index (χ2v) is 6.85. The Bertz CT molecular complexity index is 813. The van der Waals surface area contributed by atoms with E-state index in [1.54, 1.807) is 6.20 Å². The van der Waals surface area contributed by atoms with Crippen molar-refractivity contribution >= 4 is 17.5 Å². The molecule has 2 atom stereocenters. The van der Waals surface area contributed by atoms with Crippen LogP contribution in [0.5, 0.6) is 0 Å². The van der Waals surface area contributed by atoms with Crippen LogP contribution in [-0.2, 0) is 9.59 Å². The van der Waals surface area contributed by atoms with Crippen molar-refractivity contribution in [1.82, 2.24) is 14.5 Å². The van der Waals surface area contributed by atoms with E-state index in [9.17, 15) is 9.59 Å². The van der Waals surface area contributed by atoms with Gasteiger partial charge in [-0.3, -0.25) is 9.59 Å². The van der Waals surface area contributed by atoms with Crippen LogP contribution in [0.1, 0.15) is 42.6 Å². The van der Waals surface area contributed by atoms with Gasteiger partial charge < -0.3 is 14.8 Å². The van der Waals surface area contributed by atoms with Gasteiger partial charge in [0.25, 0.3) is 0 Å². The van der Waals surface area contributed by atoms with Crippen LogP contribution in [0, 0.1) is 6.92 Å². The molecule has 0 aliphatic carbocycles. The van der Waals surface area contributed by atoms with Crippen LogP contribution in [0.3, 0.4) is 0 Å². The van der Waals surface area contributed by atoms with Gasteiger partial charge in [0.05, 0.1) is 12.0 Å². The summed E-state index contributed by atoms with van der Waals surface area (Å²) in [5.74, 6) is 0.579. The van der Waals surface area contributed by atoms with Gasteiger partial charge in [0.1, 0.15) is 5.82 Å². The molecule has 0 bridgehead atoms. The number of hydrogen-bond acceptors (Lipinski definition) is 3. The number of anilines is 1. The molecule has 6 nitrogen and oxygen atoms in total. The Labute approximate surface area is 146 Å². The third-order valence-corrected chi connectivity index (χ3v) is 5.29. The molecule has 2 aromatic rings. The third-order valence-electron chi connectivity index (χ3n) is 5.29. The maximum Gasteiger partial charge on any atom is 0.232 e. The number of likely N-dealkylation sites (tertiary alicyclic amines) is 1. The van der Waals surface area contributed by atoms with Gasteiger partial charge in [0.15, 0.2) is 0 Å². The zero-order chi connectivity index (χ0) is 17.4. The number of nitrogens with zero attached hydrogens (tertiary/aromatic N) is 3. The molecule has 3 heterocycles. The fourth-order valence-corrected chi connectivity index (χ4v) is 3.96. The van der Waals surface area contributed by atoms with Gasteiger partial charge in [-0.15, -0.1) is 0 Å². The van der Waals surface area contributed by atoms with Gasteiger partial charge in [-0.05, 0) is 31.4 Å². The van der Waals surface area contributed by atoms with Crippen molar-refractivity contribution in [3.63, 3.8) is 0 Å². The normalized spacial score (nSPS) is 22.6. The number of benzene rings is 1. The minimum atomic E-state index is -0.376. The Morgan fingerprint density at radius 3 is 3.00 bits per heavy atom. The molecule has 0 spiro atoms. The third kappa shape index (κ3) is 2.92. The molecule has 2 aliphatic rings. The summed E-state index contributed by atoms with van der Waals surface area (Å²) in [6, 6.07) is 7.89. The Balaban J connectivity index is 1.46. The van der Waals surface area contributed by atoms with E-state index < -0.39 is 0 Å². The van der Waals surface area contributed by atoms with E-state index in [4.69, 9.17) is 0 Å². The number of piperidine rings is 1. The zero-order valence-electron chi connectivity index (χ0n) is 14.3. The van der Waals surface area contributed by atoms with Crippen molar-refractivity contribution in [3.8, 4) is 0 Å². The predicted octanol–water partition coefficient (Wildman–Crippen LogP) is 2.48. The average molecular weight is 338 g/mol. The standard InChI is InChI=1S/C19H22N4O2/c1-13-20-8-10-23(13)14-5-4-9-22(12-14)18(24)11-16-15-6-2-3-7-17(15)21-19(16)25/h2-3,6-8,10,14,16H,4-5,9,11-12H2,1H3,(H,21,25). The molecule has 1 aromatic carbocycles. The van der Waals surface area contributed by atoms with Gasteiger partial charge in [-0.2, -0.15) is 0 Å². The second-order valence-electron chi connectivity index (χ2n) is 6.85. The zero-order valence-corrected chi connectivity index (χ0v) is 14.3. The van der Waals surface area contributed by atoms with E-state index in [-0.39, 0.29) is 30.2 Å². The molecule has 25 heavy (non-hydrogen) atoms. The average Bonchev–Trinajstić information content (AvgIpc) is 3.18. The van der Waals surface area contributed by atoms with Gasteiger partial charge in [-0.1, -0.05) is 18.2 Å². The molecular formula is C19H22N4O2. The number of rotatable bonds is 3. The number of aromatic nitrogens is 2. The molecule has 130 valence electrons. The van der Waals surface area contributed by atoms with E-state index in [0.29, 0.717) is 6.54 Å². The number of carbonyl (C=O) groups is 2. The fraction of sp³-hybridized carbons (Fsp3) is 0.421. The molecule has 1 fully saturated rings. The lowest BCUT2D eigenvalue weighted by Crippen LogP contribution is -2.41. The number of fused-ring (bicyclic) bond motifs is 1. The van der Waals surface area contributed by atoms with Crippen LogP contribution in [-0.4, -0.2) is 39.4 Å². The van der Waals surface area contributed by atoms with Crippen LogP contribution in [0.2, 0.25) is 0 Å². The maximum absolute atomic E-state index is 12.8. The van der Waals surface area contributed by atoms with Crippen LogP contribution in [0.25, 0.3) is 0 Å². The summed E-state index contributed by atoms with van der Waals surface area (Å²) in [7, 11) is 0. The van der Waals surface area contributed by atoms with Crippen molar-refractivity contribution in [2.24, 2.45) is 0 Å². The summed E-state index contributed by atoms with van der Waals surface area (Å²) < 4.78 is 2.15. The number of nitrogens with one attached hydrogen (secondary N) is 1. The summed E-state index contributed by atoms with van der Waals surface area (Å²) in [5.41, 5.74) is 1.76. The first-order valence-electron chi connectivity index (χ1n) is 8.80. The number of hydrogen-bond donors (Lipinski definition) is 1. The van der Waals surface area contributed by atoms with Crippen molar-refractivity contribution in [3.05, 3.63) is 48.0 Å². The molecule has 2 unspecified atom stereocenters. The second kappa shape index (κ2) is 6.35. The Kier molecular flexibility index (Phi) is 4.03. The van der Waals surface area contributed by atoms with Crippen LogP contribution < -0.4 is 5.32 Å². The first-order chi connectivity index (χ1) is 12.1. The molecule has 2 aliphatic heterocycles. The van der Waals surface area contributed by atoms with Crippen LogP contribution in [0.15, 0.2) is 36.7 Å². The van der Waals surface area contributed by atoms with Crippen molar-refractivity contribution in [1.29, 1.82) is 0 Å². The molecular weight excluding hydrogens is 316 g/mol. The van der Waals surface area contributed by atoms with Gasteiger partial charge in [-0.25, -0.2) is 4.98 Å². The Hall–Kier alpha value is -2.63. The lowest BCUT2D eigenvalue weighted by Gasteiger charge is -2.34. The summed E-state index contributed by atoms with van der Waals surface area (Å²) in [4.78, 5) is 31.3. The van der Waals surface area contributed by atoms with E-state index in [1.165, 1.54) is 0 Å². The van der Waals surface area contributed by atoms with E-state index in [1.807, 2.05) is 42.3 Å². The first-order valence-corrected chi connectivity index (χ1v) is 8.80. The number of carbonyl (C=O) groups excluding carboxylic acids is 2. The van der Waals surface area contributed by atoms with Crippen LogP contribution in [0.4, 0.5) is 5.69 Å². The lowest BCUT2D eigenvalue weighted by molar-refractivity contribution is -0.134. The largest absolute Gasteiger partial charge is 0.341 e. The smallest absolute Gasteiger partial charge is 0.232 e. The Morgan fingerprint density at radius 1 is 1.36 bits per heavy atom. The van der Waals surface area contributed by atoms with Crippen LogP contribution >= 0.6 is 0 Å². The monoisotopic (exact) mass is 338 g/mol. The molecule has 4 rings (SSSR count). The summed E-state index contributed by atoms with van der Waals surface area (Å²) in [5, 5.41) is 2.87.